The molecule has 3 nitrogen and oxygen atoms in total. The van der Waals surface area contributed by atoms with Crippen molar-refractivity contribution in [3.05, 3.63) is 35.4 Å². The number of aliphatic hydroxyl groups is 1. The van der Waals surface area contributed by atoms with Crippen LogP contribution in [0.4, 0.5) is 0 Å². The number of hydrogen-bond acceptors (Lipinski definition) is 3. The first-order valence-electron chi connectivity index (χ1n) is 4.95. The van der Waals surface area contributed by atoms with E-state index in [9.17, 15) is 9.90 Å². The van der Waals surface area contributed by atoms with Crippen LogP contribution in [0.25, 0.3) is 0 Å². The van der Waals surface area contributed by atoms with Crippen LogP contribution in [-0.4, -0.2) is 27.5 Å². The Kier molecular flexibility index (Phi) is 1.85. The first-order chi connectivity index (χ1) is 7.23. The topological polar surface area (TPSA) is 40.5 Å². The van der Waals surface area contributed by atoms with Crippen LogP contribution in [0, 0.1) is 0 Å². The summed E-state index contributed by atoms with van der Waals surface area (Å²) in [4.78, 5) is 13.6. The molecule has 4 heteroatoms. The van der Waals surface area contributed by atoms with Gasteiger partial charge in [0, 0.05) is 17.5 Å². The molecule has 1 saturated heterocycles. The van der Waals surface area contributed by atoms with Crippen LogP contribution in [0.5, 0.6) is 0 Å². The van der Waals surface area contributed by atoms with Crippen molar-refractivity contribution in [2.75, 3.05) is 11.6 Å². The smallest absolute Gasteiger partial charge is 0.257 e. The van der Waals surface area contributed by atoms with Gasteiger partial charge in [0.2, 0.25) is 0 Å². The van der Waals surface area contributed by atoms with E-state index in [0.717, 1.165) is 11.3 Å². The van der Waals surface area contributed by atoms with Crippen molar-refractivity contribution in [3.8, 4) is 0 Å². The van der Waals surface area contributed by atoms with Crippen LogP contribution >= 0.6 is 11.8 Å². The Hall–Kier alpha value is -1.00. The van der Waals surface area contributed by atoms with Gasteiger partial charge in [-0.25, -0.2) is 0 Å². The van der Waals surface area contributed by atoms with Crippen molar-refractivity contribution in [2.24, 2.45) is 0 Å². The molecule has 15 heavy (non-hydrogen) atoms. The van der Waals surface area contributed by atoms with Crippen molar-refractivity contribution < 1.29 is 9.90 Å². The lowest BCUT2D eigenvalue weighted by Gasteiger charge is -2.37. The minimum absolute atomic E-state index is 0.0414. The lowest BCUT2D eigenvalue weighted by atomic mass is 9.99. The molecule has 0 bridgehead atoms. The Morgan fingerprint density at radius 1 is 1.40 bits per heavy atom. The summed E-state index contributed by atoms with van der Waals surface area (Å²) in [5, 5.41) is 10.5. The molecule has 0 saturated carbocycles. The van der Waals surface area contributed by atoms with E-state index in [1.807, 2.05) is 18.2 Å². The molecule has 0 spiro atoms. The SMILES string of the molecule is O=C1c2ccccc2C2(O)CCSCN12. The highest BCUT2D eigenvalue weighted by Crippen LogP contribution is 2.43. The van der Waals surface area contributed by atoms with Crippen molar-refractivity contribution in [2.45, 2.75) is 12.1 Å². The molecule has 2 aliphatic rings. The fourth-order valence-electron chi connectivity index (χ4n) is 2.28. The molecule has 2 heterocycles. The highest BCUT2D eigenvalue weighted by molar-refractivity contribution is 7.99. The lowest BCUT2D eigenvalue weighted by Crippen LogP contribution is -2.46. The van der Waals surface area contributed by atoms with E-state index < -0.39 is 5.72 Å². The first kappa shape index (κ1) is 9.24. The number of rotatable bonds is 0. The molecule has 3 rings (SSSR count). The summed E-state index contributed by atoms with van der Waals surface area (Å²) >= 11 is 1.69. The number of nitrogens with zero attached hydrogens (tertiary/aromatic N) is 1. The molecule has 1 aromatic carbocycles. The van der Waals surface area contributed by atoms with E-state index in [1.54, 1.807) is 22.7 Å². The van der Waals surface area contributed by atoms with Crippen LogP contribution in [0.15, 0.2) is 24.3 Å². The van der Waals surface area contributed by atoms with Crippen LogP contribution in [0.1, 0.15) is 22.3 Å². The van der Waals surface area contributed by atoms with Gasteiger partial charge in [0.15, 0.2) is 5.72 Å². The zero-order valence-electron chi connectivity index (χ0n) is 8.14. The van der Waals surface area contributed by atoms with E-state index in [1.165, 1.54) is 0 Å². The number of fused-ring (bicyclic) bond motifs is 3. The molecule has 0 aliphatic carbocycles. The van der Waals surface area contributed by atoms with Crippen LogP contribution in [0.3, 0.4) is 0 Å². The second-order valence-corrected chi connectivity index (χ2v) is 4.96. The molecular formula is C11H11NO2S. The fraction of sp³-hybridized carbons (Fsp3) is 0.364. The van der Waals surface area contributed by atoms with Gasteiger partial charge in [-0.3, -0.25) is 9.69 Å². The fourth-order valence-corrected chi connectivity index (χ4v) is 3.35. The average Bonchev–Trinajstić information content (AvgIpc) is 2.50. The van der Waals surface area contributed by atoms with Crippen LogP contribution < -0.4 is 0 Å². The summed E-state index contributed by atoms with van der Waals surface area (Å²) < 4.78 is 0. The number of benzene rings is 1. The Morgan fingerprint density at radius 2 is 2.20 bits per heavy atom. The van der Waals surface area contributed by atoms with Crippen molar-refractivity contribution in [1.82, 2.24) is 4.90 Å². The van der Waals surface area contributed by atoms with Gasteiger partial charge in [0.25, 0.3) is 5.91 Å². The summed E-state index contributed by atoms with van der Waals surface area (Å²) in [5.41, 5.74) is 0.386. The van der Waals surface area contributed by atoms with Crippen molar-refractivity contribution >= 4 is 17.7 Å². The zero-order valence-corrected chi connectivity index (χ0v) is 8.96. The van der Waals surface area contributed by atoms with Gasteiger partial charge in [-0.15, -0.1) is 11.8 Å². The van der Waals surface area contributed by atoms with Gasteiger partial charge in [-0.1, -0.05) is 18.2 Å². The van der Waals surface area contributed by atoms with Gasteiger partial charge in [0.1, 0.15) is 0 Å². The third-order valence-corrected chi connectivity index (χ3v) is 4.03. The quantitative estimate of drug-likeness (QED) is 0.719. The normalized spacial score (nSPS) is 28.9. The summed E-state index contributed by atoms with van der Waals surface area (Å²) in [6.45, 7) is 0. The van der Waals surface area contributed by atoms with Crippen LogP contribution in [-0.2, 0) is 5.72 Å². The van der Waals surface area contributed by atoms with Gasteiger partial charge >= 0.3 is 0 Å². The Morgan fingerprint density at radius 3 is 3.07 bits per heavy atom. The number of carbonyl (C=O) groups is 1. The second-order valence-electron chi connectivity index (χ2n) is 3.88. The zero-order chi connectivity index (χ0) is 10.5. The molecule has 1 unspecified atom stereocenters. The maximum atomic E-state index is 12.0. The molecule has 1 fully saturated rings. The monoisotopic (exact) mass is 221 g/mol. The Bertz CT molecular complexity index is 434. The van der Waals surface area contributed by atoms with E-state index in [0.29, 0.717) is 17.9 Å². The summed E-state index contributed by atoms with van der Waals surface area (Å²) in [6.07, 6.45) is 0.625. The van der Waals surface area contributed by atoms with E-state index in [4.69, 9.17) is 0 Å². The molecule has 78 valence electrons. The third kappa shape index (κ3) is 1.09. The molecular weight excluding hydrogens is 210 g/mol. The molecule has 1 N–H and O–H groups in total. The number of amides is 1. The van der Waals surface area contributed by atoms with E-state index in [2.05, 4.69) is 0 Å². The minimum atomic E-state index is -1.04. The molecule has 0 aromatic heterocycles. The lowest BCUT2D eigenvalue weighted by molar-refractivity contribution is -0.0805. The maximum Gasteiger partial charge on any atom is 0.257 e. The van der Waals surface area contributed by atoms with Gasteiger partial charge in [-0.05, 0) is 11.8 Å². The number of carbonyl (C=O) groups excluding carboxylic acids is 1. The largest absolute Gasteiger partial charge is 0.367 e. The van der Waals surface area contributed by atoms with Crippen molar-refractivity contribution in [3.63, 3.8) is 0 Å². The summed E-state index contributed by atoms with van der Waals surface area (Å²) in [5.74, 6) is 1.44. The highest BCUT2D eigenvalue weighted by Gasteiger charge is 2.49. The second kappa shape index (κ2) is 3.00. The molecule has 0 radical (unpaired) electrons. The van der Waals surface area contributed by atoms with Gasteiger partial charge < -0.3 is 5.11 Å². The molecule has 1 atom stereocenters. The predicted octanol–water partition coefficient (Wildman–Crippen LogP) is 1.38. The van der Waals surface area contributed by atoms with Crippen LogP contribution in [0.2, 0.25) is 0 Å². The predicted molar refractivity (Wildman–Crippen MR) is 58.5 cm³/mol. The first-order valence-corrected chi connectivity index (χ1v) is 6.10. The minimum Gasteiger partial charge on any atom is -0.367 e. The summed E-state index contributed by atoms with van der Waals surface area (Å²) in [7, 11) is 0. The molecule has 2 aliphatic heterocycles. The Balaban J connectivity index is 2.20. The highest BCUT2D eigenvalue weighted by atomic mass is 32.2. The standard InChI is InChI=1S/C11H11NO2S/c13-10-8-3-1-2-4-9(8)11(14)5-6-15-7-12(10)11/h1-4,14H,5-7H2. The molecule has 1 aromatic rings. The van der Waals surface area contributed by atoms with Gasteiger partial charge in [-0.2, -0.15) is 0 Å². The van der Waals surface area contributed by atoms with Crippen molar-refractivity contribution in [1.29, 1.82) is 0 Å². The average molecular weight is 221 g/mol. The number of thioether (sulfide) groups is 1. The summed E-state index contributed by atoms with van der Waals surface area (Å²) in [6, 6.07) is 7.35. The number of hydrogen-bond donors (Lipinski definition) is 1. The molecule has 1 amide bonds. The van der Waals surface area contributed by atoms with E-state index >= 15 is 0 Å². The Labute approximate surface area is 92.1 Å². The van der Waals surface area contributed by atoms with Gasteiger partial charge in [0.05, 0.1) is 5.88 Å². The van der Waals surface area contributed by atoms with E-state index in [-0.39, 0.29) is 5.91 Å². The maximum absolute atomic E-state index is 12.0. The third-order valence-electron chi connectivity index (χ3n) is 3.10.